The van der Waals surface area contributed by atoms with E-state index >= 15 is 0 Å². The monoisotopic (exact) mass is 248 g/mol. The van der Waals surface area contributed by atoms with Crippen molar-refractivity contribution in [1.82, 2.24) is 0 Å². The lowest BCUT2D eigenvalue weighted by Gasteiger charge is -2.35. The number of benzene rings is 1. The maximum Gasteiger partial charge on any atom is 0.0746 e. The number of rotatable bonds is 4. The zero-order chi connectivity index (χ0) is 13.0. The number of hydrogen-bond donors (Lipinski definition) is 1. The van der Waals surface area contributed by atoms with E-state index in [1.54, 1.807) is 0 Å². The average molecular weight is 248 g/mol. The van der Waals surface area contributed by atoms with Crippen LogP contribution in [0.25, 0.3) is 0 Å². The van der Waals surface area contributed by atoms with Crippen molar-refractivity contribution < 1.29 is 4.74 Å². The Labute approximate surface area is 110 Å². The van der Waals surface area contributed by atoms with Crippen LogP contribution in [-0.4, -0.2) is 32.3 Å². The Balaban J connectivity index is 2.16. The van der Waals surface area contributed by atoms with Crippen LogP contribution in [0.4, 0.5) is 5.69 Å². The molecule has 0 aromatic heterocycles. The molecular formula is C15H24N2O. The first-order valence-electron chi connectivity index (χ1n) is 6.82. The fourth-order valence-electron chi connectivity index (χ4n) is 2.69. The van der Waals surface area contributed by atoms with E-state index in [0.717, 1.165) is 19.5 Å². The van der Waals surface area contributed by atoms with Gasteiger partial charge in [0.05, 0.1) is 6.10 Å². The van der Waals surface area contributed by atoms with Crippen molar-refractivity contribution in [3.63, 3.8) is 0 Å². The van der Waals surface area contributed by atoms with Crippen LogP contribution < -0.4 is 10.6 Å². The van der Waals surface area contributed by atoms with Gasteiger partial charge in [0.25, 0.3) is 0 Å². The molecular weight excluding hydrogens is 224 g/mol. The molecule has 0 amide bonds. The van der Waals surface area contributed by atoms with Crippen LogP contribution in [0.3, 0.4) is 0 Å². The van der Waals surface area contributed by atoms with Gasteiger partial charge in [0, 0.05) is 31.9 Å². The van der Waals surface area contributed by atoms with Crippen molar-refractivity contribution >= 4 is 5.69 Å². The smallest absolute Gasteiger partial charge is 0.0746 e. The highest BCUT2D eigenvalue weighted by molar-refractivity contribution is 5.54. The van der Waals surface area contributed by atoms with Crippen molar-refractivity contribution in [3.05, 3.63) is 29.8 Å². The van der Waals surface area contributed by atoms with Crippen LogP contribution in [0.1, 0.15) is 25.3 Å². The zero-order valence-corrected chi connectivity index (χ0v) is 11.4. The lowest BCUT2D eigenvalue weighted by molar-refractivity contribution is 0.0893. The van der Waals surface area contributed by atoms with Crippen LogP contribution in [0.5, 0.6) is 0 Å². The second kappa shape index (κ2) is 6.21. The van der Waals surface area contributed by atoms with E-state index in [-0.39, 0.29) is 6.04 Å². The van der Waals surface area contributed by atoms with Gasteiger partial charge < -0.3 is 15.4 Å². The molecule has 1 saturated heterocycles. The molecule has 2 atom stereocenters. The molecule has 0 aliphatic carbocycles. The molecule has 100 valence electrons. The predicted molar refractivity (Wildman–Crippen MR) is 76.0 cm³/mol. The van der Waals surface area contributed by atoms with Gasteiger partial charge in [-0.15, -0.1) is 0 Å². The predicted octanol–water partition coefficient (Wildman–Crippen LogP) is 2.19. The van der Waals surface area contributed by atoms with Crippen molar-refractivity contribution in [2.45, 2.75) is 38.3 Å². The number of nitrogens with two attached hydrogens (primary N) is 1. The summed E-state index contributed by atoms with van der Waals surface area (Å²) in [4.78, 5) is 2.44. The van der Waals surface area contributed by atoms with Crippen LogP contribution >= 0.6 is 0 Å². The average Bonchev–Trinajstić information content (AvgIpc) is 2.39. The molecule has 1 aliphatic rings. The summed E-state index contributed by atoms with van der Waals surface area (Å²) in [5.41, 5.74) is 8.61. The third-order valence-electron chi connectivity index (χ3n) is 3.59. The molecule has 0 bridgehead atoms. The summed E-state index contributed by atoms with van der Waals surface area (Å²) in [6.45, 7) is 4.17. The third-order valence-corrected chi connectivity index (χ3v) is 3.59. The number of methoxy groups -OCH3 is 1. The Morgan fingerprint density at radius 2 is 2.22 bits per heavy atom. The van der Waals surface area contributed by atoms with Gasteiger partial charge in [-0.25, -0.2) is 0 Å². The largest absolute Gasteiger partial charge is 0.380 e. The Morgan fingerprint density at radius 3 is 2.94 bits per heavy atom. The topological polar surface area (TPSA) is 38.5 Å². The van der Waals surface area contributed by atoms with E-state index in [1.165, 1.54) is 24.1 Å². The Hall–Kier alpha value is -1.06. The molecule has 1 aromatic carbocycles. The Bertz CT molecular complexity index is 379. The number of para-hydroxylation sites is 1. The normalized spacial score (nSPS) is 21.9. The van der Waals surface area contributed by atoms with Crippen molar-refractivity contribution in [2.75, 3.05) is 25.1 Å². The molecule has 1 heterocycles. The van der Waals surface area contributed by atoms with E-state index < -0.39 is 0 Å². The van der Waals surface area contributed by atoms with E-state index in [0.29, 0.717) is 6.10 Å². The minimum absolute atomic E-state index is 0.203. The van der Waals surface area contributed by atoms with Gasteiger partial charge in [-0.2, -0.15) is 0 Å². The number of ether oxygens (including phenoxy) is 1. The zero-order valence-electron chi connectivity index (χ0n) is 11.4. The van der Waals surface area contributed by atoms with Gasteiger partial charge >= 0.3 is 0 Å². The summed E-state index contributed by atoms with van der Waals surface area (Å²) in [5, 5.41) is 0. The van der Waals surface area contributed by atoms with E-state index in [4.69, 9.17) is 10.5 Å². The first-order chi connectivity index (χ1) is 8.70. The molecule has 1 fully saturated rings. The number of hydrogen-bond acceptors (Lipinski definition) is 3. The highest BCUT2D eigenvalue weighted by Crippen LogP contribution is 2.25. The van der Waals surface area contributed by atoms with Gasteiger partial charge in [-0.3, -0.25) is 0 Å². The van der Waals surface area contributed by atoms with E-state index in [1.807, 2.05) is 7.11 Å². The van der Waals surface area contributed by atoms with E-state index in [9.17, 15) is 0 Å². The second-order valence-electron chi connectivity index (χ2n) is 5.26. The Kier molecular flexibility index (Phi) is 4.61. The molecule has 1 aliphatic heterocycles. The van der Waals surface area contributed by atoms with Crippen LogP contribution in [0, 0.1) is 0 Å². The van der Waals surface area contributed by atoms with Crippen molar-refractivity contribution in [3.8, 4) is 0 Å². The standard InChI is InChI=1S/C15H24N2O/c1-12(16)10-13-6-3-4-8-15(13)17-9-5-7-14(11-17)18-2/h3-4,6,8,12,14H,5,7,9-11,16H2,1-2H3. The molecule has 0 saturated carbocycles. The summed E-state index contributed by atoms with van der Waals surface area (Å²) in [6, 6.07) is 8.80. The molecule has 2 N–H and O–H groups in total. The highest BCUT2D eigenvalue weighted by Gasteiger charge is 2.21. The number of anilines is 1. The summed E-state index contributed by atoms with van der Waals surface area (Å²) in [5.74, 6) is 0. The molecule has 3 heteroatoms. The molecule has 0 spiro atoms. The summed E-state index contributed by atoms with van der Waals surface area (Å²) in [7, 11) is 1.81. The number of piperidine rings is 1. The summed E-state index contributed by atoms with van der Waals surface area (Å²) < 4.78 is 5.50. The second-order valence-corrected chi connectivity index (χ2v) is 5.26. The lowest BCUT2D eigenvalue weighted by atomic mass is 10.0. The number of nitrogens with zero attached hydrogens (tertiary/aromatic N) is 1. The van der Waals surface area contributed by atoms with E-state index in [2.05, 4.69) is 36.1 Å². The SMILES string of the molecule is COC1CCCN(c2ccccc2CC(C)N)C1. The quantitative estimate of drug-likeness (QED) is 0.887. The molecule has 0 radical (unpaired) electrons. The van der Waals surface area contributed by atoms with Gasteiger partial charge in [-0.1, -0.05) is 18.2 Å². The molecule has 2 rings (SSSR count). The van der Waals surface area contributed by atoms with Crippen LogP contribution in [0.2, 0.25) is 0 Å². The van der Waals surface area contributed by atoms with Crippen LogP contribution in [0.15, 0.2) is 24.3 Å². The van der Waals surface area contributed by atoms with Gasteiger partial charge in [0.2, 0.25) is 0 Å². The Morgan fingerprint density at radius 1 is 1.44 bits per heavy atom. The molecule has 18 heavy (non-hydrogen) atoms. The summed E-state index contributed by atoms with van der Waals surface area (Å²) in [6.07, 6.45) is 3.67. The van der Waals surface area contributed by atoms with Gasteiger partial charge in [0.15, 0.2) is 0 Å². The first-order valence-corrected chi connectivity index (χ1v) is 6.82. The van der Waals surface area contributed by atoms with Gasteiger partial charge in [0.1, 0.15) is 0 Å². The molecule has 3 nitrogen and oxygen atoms in total. The minimum atomic E-state index is 0.203. The maximum atomic E-state index is 5.93. The first kappa shape index (κ1) is 13.4. The van der Waals surface area contributed by atoms with Crippen LogP contribution in [-0.2, 0) is 11.2 Å². The minimum Gasteiger partial charge on any atom is -0.380 e. The fourth-order valence-corrected chi connectivity index (χ4v) is 2.69. The van der Waals surface area contributed by atoms with Crippen molar-refractivity contribution in [1.29, 1.82) is 0 Å². The van der Waals surface area contributed by atoms with Crippen molar-refractivity contribution in [2.24, 2.45) is 5.73 Å². The molecule has 2 unspecified atom stereocenters. The summed E-state index contributed by atoms with van der Waals surface area (Å²) >= 11 is 0. The fraction of sp³-hybridized carbons (Fsp3) is 0.600. The highest BCUT2D eigenvalue weighted by atomic mass is 16.5. The lowest BCUT2D eigenvalue weighted by Crippen LogP contribution is -2.39. The third kappa shape index (κ3) is 3.24. The van der Waals surface area contributed by atoms with Gasteiger partial charge in [-0.05, 0) is 37.8 Å². The molecule has 1 aromatic rings. The maximum absolute atomic E-state index is 5.93.